The van der Waals surface area contributed by atoms with Crippen molar-refractivity contribution in [2.75, 3.05) is 38.2 Å². The molecule has 1 fully saturated rings. The number of benzene rings is 1. The highest BCUT2D eigenvalue weighted by atomic mass is 32.2. The second kappa shape index (κ2) is 7.05. The predicted molar refractivity (Wildman–Crippen MR) is 96.6 cm³/mol. The van der Waals surface area contributed by atoms with E-state index in [0.29, 0.717) is 43.3 Å². The van der Waals surface area contributed by atoms with Gasteiger partial charge in [0, 0.05) is 50.7 Å². The number of ether oxygens (including phenoxy) is 1. The molecule has 0 amide bonds. The normalized spacial score (nSPS) is 16.2. The molecule has 0 radical (unpaired) electrons. The summed E-state index contributed by atoms with van der Waals surface area (Å²) in [5, 5.41) is 4.26. The van der Waals surface area contributed by atoms with Crippen LogP contribution in [0.15, 0.2) is 35.4 Å². The molecular formula is C17H24N4O3S. The molecule has 25 heavy (non-hydrogen) atoms. The van der Waals surface area contributed by atoms with Gasteiger partial charge in [0.2, 0.25) is 10.0 Å². The molecule has 1 saturated heterocycles. The monoisotopic (exact) mass is 364 g/mol. The zero-order valence-electron chi connectivity index (χ0n) is 14.8. The van der Waals surface area contributed by atoms with Crippen LogP contribution in [0.25, 0.3) is 0 Å². The Kier molecular flexibility index (Phi) is 5.01. The summed E-state index contributed by atoms with van der Waals surface area (Å²) in [6.07, 6.45) is 1.62. The number of anilines is 1. The summed E-state index contributed by atoms with van der Waals surface area (Å²) < 4.78 is 34.3. The molecule has 1 aromatic carbocycles. The van der Waals surface area contributed by atoms with Crippen LogP contribution in [0.1, 0.15) is 12.6 Å². The minimum absolute atomic E-state index is 0.309. The van der Waals surface area contributed by atoms with Gasteiger partial charge in [-0.25, -0.2) is 8.42 Å². The van der Waals surface area contributed by atoms with Crippen LogP contribution >= 0.6 is 0 Å². The maximum absolute atomic E-state index is 12.9. The molecule has 136 valence electrons. The Morgan fingerprint density at radius 1 is 1.20 bits per heavy atom. The molecule has 3 rings (SSSR count). The van der Waals surface area contributed by atoms with E-state index in [0.717, 1.165) is 11.4 Å². The topological polar surface area (TPSA) is 67.7 Å². The van der Waals surface area contributed by atoms with E-state index < -0.39 is 10.0 Å². The predicted octanol–water partition coefficient (Wildman–Crippen LogP) is 1.73. The van der Waals surface area contributed by atoms with Gasteiger partial charge in [-0.05, 0) is 26.0 Å². The first-order valence-electron chi connectivity index (χ1n) is 8.39. The Hall–Kier alpha value is -2.06. The number of rotatable bonds is 5. The zero-order chi connectivity index (χ0) is 18.0. The fraction of sp³-hybridized carbons (Fsp3) is 0.471. The van der Waals surface area contributed by atoms with E-state index >= 15 is 0 Å². The number of sulfonamides is 1. The summed E-state index contributed by atoms with van der Waals surface area (Å²) in [5.74, 6) is 0.801. The fourth-order valence-electron chi connectivity index (χ4n) is 3.05. The molecule has 7 nitrogen and oxygen atoms in total. The Morgan fingerprint density at radius 2 is 1.92 bits per heavy atom. The fourth-order valence-corrected chi connectivity index (χ4v) is 4.64. The van der Waals surface area contributed by atoms with Crippen molar-refractivity contribution in [3.8, 4) is 5.75 Å². The molecule has 0 bridgehead atoms. The number of nitrogens with zero attached hydrogens (tertiary/aromatic N) is 4. The zero-order valence-corrected chi connectivity index (χ0v) is 15.7. The molecule has 0 aliphatic carbocycles. The standard InChI is InChI=1S/C17H24N4O3S/c1-4-20-13-17(14(2)18-20)25(22,23)21-10-8-19(9-11-21)15-6-5-7-16(12-15)24-3/h5-7,12-13H,4,8-11H2,1-3H3. The van der Waals surface area contributed by atoms with E-state index in [2.05, 4.69) is 10.00 Å². The van der Waals surface area contributed by atoms with Crippen molar-refractivity contribution < 1.29 is 13.2 Å². The molecule has 0 unspecified atom stereocenters. The minimum Gasteiger partial charge on any atom is -0.497 e. The molecule has 1 aliphatic heterocycles. The first kappa shape index (κ1) is 17.8. The van der Waals surface area contributed by atoms with E-state index in [4.69, 9.17) is 4.74 Å². The van der Waals surface area contributed by atoms with Gasteiger partial charge < -0.3 is 9.64 Å². The van der Waals surface area contributed by atoms with Gasteiger partial charge in [-0.2, -0.15) is 9.40 Å². The summed E-state index contributed by atoms with van der Waals surface area (Å²) in [4.78, 5) is 2.49. The molecule has 2 aromatic rings. The average Bonchev–Trinajstić information content (AvgIpc) is 3.03. The average molecular weight is 364 g/mol. The summed E-state index contributed by atoms with van der Waals surface area (Å²) in [6.45, 7) is 6.54. The molecule has 1 aliphatic rings. The van der Waals surface area contributed by atoms with Gasteiger partial charge in [-0.3, -0.25) is 4.68 Å². The lowest BCUT2D eigenvalue weighted by molar-refractivity contribution is 0.383. The van der Waals surface area contributed by atoms with E-state index in [9.17, 15) is 8.42 Å². The molecule has 1 aromatic heterocycles. The van der Waals surface area contributed by atoms with Crippen LogP contribution in [0.5, 0.6) is 5.75 Å². The third-order valence-electron chi connectivity index (χ3n) is 4.50. The van der Waals surface area contributed by atoms with Crippen LogP contribution in [0, 0.1) is 6.92 Å². The van der Waals surface area contributed by atoms with Crippen LogP contribution in [-0.2, 0) is 16.6 Å². The summed E-state index contributed by atoms with van der Waals surface area (Å²) >= 11 is 0. The molecule has 2 heterocycles. The van der Waals surface area contributed by atoms with E-state index in [1.807, 2.05) is 31.2 Å². The first-order chi connectivity index (χ1) is 12.0. The van der Waals surface area contributed by atoms with Crippen LogP contribution in [0.2, 0.25) is 0 Å². The van der Waals surface area contributed by atoms with Gasteiger partial charge in [0.15, 0.2) is 0 Å². The van der Waals surface area contributed by atoms with Crippen LogP contribution < -0.4 is 9.64 Å². The van der Waals surface area contributed by atoms with Crippen molar-refractivity contribution in [3.63, 3.8) is 0 Å². The second-order valence-corrected chi connectivity index (χ2v) is 7.93. The van der Waals surface area contributed by atoms with Crippen molar-refractivity contribution in [1.29, 1.82) is 0 Å². The van der Waals surface area contributed by atoms with Crippen LogP contribution in [0.4, 0.5) is 5.69 Å². The number of aromatic nitrogens is 2. The lowest BCUT2D eigenvalue weighted by Crippen LogP contribution is -2.48. The second-order valence-electron chi connectivity index (χ2n) is 6.03. The highest BCUT2D eigenvalue weighted by Gasteiger charge is 2.31. The third-order valence-corrected chi connectivity index (χ3v) is 6.50. The molecule has 0 atom stereocenters. The van der Waals surface area contributed by atoms with Crippen molar-refractivity contribution >= 4 is 15.7 Å². The maximum atomic E-state index is 12.9. The smallest absolute Gasteiger partial charge is 0.246 e. The lowest BCUT2D eigenvalue weighted by Gasteiger charge is -2.35. The number of piperazine rings is 1. The molecule has 0 saturated carbocycles. The van der Waals surface area contributed by atoms with Gasteiger partial charge in [0.05, 0.1) is 12.8 Å². The van der Waals surface area contributed by atoms with E-state index in [1.54, 1.807) is 29.2 Å². The number of aryl methyl sites for hydroxylation is 2. The highest BCUT2D eigenvalue weighted by molar-refractivity contribution is 7.89. The minimum atomic E-state index is -3.50. The number of hydrogen-bond acceptors (Lipinski definition) is 5. The van der Waals surface area contributed by atoms with Gasteiger partial charge in [-0.1, -0.05) is 6.07 Å². The van der Waals surface area contributed by atoms with Gasteiger partial charge in [0.25, 0.3) is 0 Å². The quantitative estimate of drug-likeness (QED) is 0.808. The Balaban J connectivity index is 1.73. The largest absolute Gasteiger partial charge is 0.497 e. The first-order valence-corrected chi connectivity index (χ1v) is 9.83. The van der Waals surface area contributed by atoms with E-state index in [-0.39, 0.29) is 0 Å². The van der Waals surface area contributed by atoms with Crippen molar-refractivity contribution in [1.82, 2.24) is 14.1 Å². The van der Waals surface area contributed by atoms with Gasteiger partial charge in [0.1, 0.15) is 10.6 Å². The molecule has 8 heteroatoms. The molecular weight excluding hydrogens is 340 g/mol. The Morgan fingerprint density at radius 3 is 2.52 bits per heavy atom. The number of methoxy groups -OCH3 is 1. The maximum Gasteiger partial charge on any atom is 0.246 e. The van der Waals surface area contributed by atoms with Gasteiger partial charge in [-0.15, -0.1) is 0 Å². The van der Waals surface area contributed by atoms with E-state index in [1.165, 1.54) is 0 Å². The molecule has 0 spiro atoms. The Labute approximate surface area is 148 Å². The summed E-state index contributed by atoms with van der Waals surface area (Å²) in [6, 6.07) is 7.83. The van der Waals surface area contributed by atoms with Crippen molar-refractivity contribution in [2.45, 2.75) is 25.3 Å². The molecule has 0 N–H and O–H groups in total. The highest BCUT2D eigenvalue weighted by Crippen LogP contribution is 2.25. The van der Waals surface area contributed by atoms with Crippen molar-refractivity contribution in [2.24, 2.45) is 0 Å². The van der Waals surface area contributed by atoms with Gasteiger partial charge >= 0.3 is 0 Å². The SMILES string of the molecule is CCn1cc(S(=O)(=O)N2CCN(c3cccc(OC)c3)CC2)c(C)n1. The third kappa shape index (κ3) is 3.50. The number of hydrogen-bond donors (Lipinski definition) is 0. The summed E-state index contributed by atoms with van der Waals surface area (Å²) in [7, 11) is -1.86. The Bertz CT molecular complexity index is 839. The summed E-state index contributed by atoms with van der Waals surface area (Å²) in [5.41, 5.74) is 1.60. The van der Waals surface area contributed by atoms with Crippen LogP contribution in [-0.4, -0.2) is 55.8 Å². The van der Waals surface area contributed by atoms with Crippen molar-refractivity contribution in [3.05, 3.63) is 36.2 Å². The van der Waals surface area contributed by atoms with Crippen LogP contribution in [0.3, 0.4) is 0 Å². The lowest BCUT2D eigenvalue weighted by atomic mass is 10.2.